The number of carboxylic acids is 3. The summed E-state index contributed by atoms with van der Waals surface area (Å²) < 4.78 is 4.70. The molecule has 0 radical (unpaired) electrons. The number of aliphatic carboxylic acids is 3. The number of esters is 1. The maximum Gasteiger partial charge on any atom is 0.315 e. The van der Waals surface area contributed by atoms with E-state index in [1.54, 1.807) is 0 Å². The molecule has 0 aromatic heterocycles. The molecule has 0 aliphatic heterocycles. The molecule has 0 spiro atoms. The van der Waals surface area contributed by atoms with Crippen molar-refractivity contribution in [2.45, 2.75) is 38.5 Å². The van der Waals surface area contributed by atoms with E-state index >= 15 is 0 Å². The summed E-state index contributed by atoms with van der Waals surface area (Å²) in [5.74, 6) is -5.93. The Balaban J connectivity index is 5.49. The van der Waals surface area contributed by atoms with Crippen molar-refractivity contribution in [1.82, 2.24) is 0 Å². The Labute approximate surface area is 119 Å². The number of carbonyl (C=O) groups excluding carboxylic acids is 1. The molecule has 0 heterocycles. The second-order valence-corrected chi connectivity index (χ2v) is 4.72. The first-order chi connectivity index (χ1) is 9.50. The molecule has 0 aromatic rings. The van der Waals surface area contributed by atoms with Crippen molar-refractivity contribution in [2.24, 2.45) is 16.9 Å². The monoisotopic (exact) mass is 306 g/mol. The van der Waals surface area contributed by atoms with E-state index in [1.165, 1.54) is 6.92 Å². The Hall–Kier alpha value is -2.20. The molecule has 0 amide bonds. The van der Waals surface area contributed by atoms with Crippen LogP contribution in [0.4, 0.5) is 0 Å². The Morgan fingerprint density at radius 2 is 1.29 bits per heavy atom. The second kappa shape index (κ2) is 7.55. The number of rotatable bonds is 9. The van der Waals surface area contributed by atoms with Crippen molar-refractivity contribution < 1.29 is 39.2 Å². The molecule has 0 aromatic carbocycles. The summed E-state index contributed by atoms with van der Waals surface area (Å²) in [5.41, 5.74) is 8.52. The lowest BCUT2D eigenvalue weighted by Gasteiger charge is -2.29. The number of hydrogen-bond acceptors (Lipinski definition) is 7. The van der Waals surface area contributed by atoms with Crippen LogP contribution in [0.3, 0.4) is 0 Å². The van der Waals surface area contributed by atoms with Crippen LogP contribution in [0.25, 0.3) is 0 Å². The normalized spacial score (nSPS) is 14.0. The molecule has 0 fully saturated rings. The average molecular weight is 306 g/mol. The highest BCUT2D eigenvalue weighted by atomic mass is 16.6. The highest BCUT2D eigenvalue weighted by Gasteiger charge is 2.47. The van der Waals surface area contributed by atoms with Gasteiger partial charge in [-0.2, -0.15) is 0 Å². The van der Waals surface area contributed by atoms with Gasteiger partial charge in [-0.1, -0.05) is 0 Å². The summed E-state index contributed by atoms with van der Waals surface area (Å²) in [4.78, 5) is 44.6. The van der Waals surface area contributed by atoms with Gasteiger partial charge in [0.15, 0.2) is 6.23 Å². The molecule has 0 aliphatic carbocycles. The van der Waals surface area contributed by atoms with Crippen molar-refractivity contribution >= 4 is 23.9 Å². The van der Waals surface area contributed by atoms with Gasteiger partial charge in [0.25, 0.3) is 0 Å². The molecule has 10 nitrogen and oxygen atoms in total. The minimum absolute atomic E-state index is 0.800. The van der Waals surface area contributed by atoms with Gasteiger partial charge in [-0.3, -0.25) is 24.9 Å². The lowest BCUT2D eigenvalue weighted by molar-refractivity contribution is -0.173. The molecule has 10 heteroatoms. The first kappa shape index (κ1) is 18.8. The topological polar surface area (TPSA) is 190 Å². The van der Waals surface area contributed by atoms with E-state index in [-0.39, 0.29) is 0 Å². The molecular weight excluding hydrogens is 288 g/mol. The van der Waals surface area contributed by atoms with Crippen LogP contribution in [0.2, 0.25) is 0 Å². The van der Waals surface area contributed by atoms with Crippen LogP contribution in [0, 0.1) is 5.41 Å². The summed E-state index contributed by atoms with van der Waals surface area (Å²) in [7, 11) is 0. The van der Waals surface area contributed by atoms with Gasteiger partial charge in [0, 0.05) is 0 Å². The first-order valence-corrected chi connectivity index (χ1v) is 5.88. The fourth-order valence-corrected chi connectivity index (χ4v) is 1.63. The van der Waals surface area contributed by atoms with Crippen LogP contribution in [0.5, 0.6) is 0 Å². The summed E-state index contributed by atoms with van der Waals surface area (Å²) in [5, 5.41) is 26.5. The number of ether oxygens (including phenoxy) is 1. The predicted octanol–water partition coefficient (Wildman–Crippen LogP) is -1.43. The Morgan fingerprint density at radius 3 is 1.52 bits per heavy atom. The summed E-state index contributed by atoms with van der Waals surface area (Å²) in [6.07, 6.45) is -4.37. The van der Waals surface area contributed by atoms with Crippen molar-refractivity contribution in [3.05, 3.63) is 0 Å². The standard InChI is InChI=1S/C11H18N2O8/c1-5(12)9(13)21-10(20)11(2-6(14)15,3-7(16)17)4-8(18)19/h5,9H,2-4,12-13H2,1H3,(H,14,15)(H,16,17)(H,18,19). The van der Waals surface area contributed by atoms with Crippen molar-refractivity contribution in [2.75, 3.05) is 0 Å². The van der Waals surface area contributed by atoms with Gasteiger partial charge in [-0.15, -0.1) is 0 Å². The van der Waals surface area contributed by atoms with Gasteiger partial charge in [-0.25, -0.2) is 0 Å². The van der Waals surface area contributed by atoms with Crippen molar-refractivity contribution in [3.8, 4) is 0 Å². The molecule has 7 N–H and O–H groups in total. The molecule has 0 aliphatic rings. The molecule has 0 saturated heterocycles. The largest absolute Gasteiger partial charge is 0.481 e. The smallest absolute Gasteiger partial charge is 0.315 e. The zero-order chi connectivity index (χ0) is 16.8. The Bertz CT molecular complexity index is 393. The zero-order valence-electron chi connectivity index (χ0n) is 11.3. The zero-order valence-corrected chi connectivity index (χ0v) is 11.3. The van der Waals surface area contributed by atoms with E-state index in [2.05, 4.69) is 0 Å². The van der Waals surface area contributed by atoms with Crippen LogP contribution < -0.4 is 11.5 Å². The fraction of sp³-hybridized carbons (Fsp3) is 0.636. The van der Waals surface area contributed by atoms with Gasteiger partial charge in [-0.05, 0) is 6.92 Å². The predicted molar refractivity (Wildman–Crippen MR) is 66.9 cm³/mol. The molecule has 0 rings (SSSR count). The van der Waals surface area contributed by atoms with Crippen LogP contribution in [0.1, 0.15) is 26.2 Å². The molecular formula is C11H18N2O8. The maximum atomic E-state index is 12.0. The second-order valence-electron chi connectivity index (χ2n) is 4.72. The Morgan fingerprint density at radius 1 is 0.952 bits per heavy atom. The molecule has 2 unspecified atom stereocenters. The first-order valence-electron chi connectivity index (χ1n) is 5.88. The molecule has 2 atom stereocenters. The third kappa shape index (κ3) is 6.19. The molecule has 0 bridgehead atoms. The van der Waals surface area contributed by atoms with E-state index in [4.69, 9.17) is 31.5 Å². The highest BCUT2D eigenvalue weighted by molar-refractivity contribution is 5.90. The number of hydrogen-bond donors (Lipinski definition) is 5. The maximum absolute atomic E-state index is 12.0. The quantitative estimate of drug-likeness (QED) is 0.249. The van der Waals surface area contributed by atoms with Gasteiger partial charge < -0.3 is 25.8 Å². The lowest BCUT2D eigenvalue weighted by atomic mass is 9.78. The van der Waals surface area contributed by atoms with E-state index in [0.29, 0.717) is 0 Å². The van der Waals surface area contributed by atoms with Crippen molar-refractivity contribution in [3.63, 3.8) is 0 Å². The van der Waals surface area contributed by atoms with E-state index in [9.17, 15) is 19.2 Å². The molecule has 120 valence electrons. The molecule has 21 heavy (non-hydrogen) atoms. The van der Waals surface area contributed by atoms with Crippen molar-refractivity contribution in [1.29, 1.82) is 0 Å². The van der Waals surface area contributed by atoms with E-state index in [1.807, 2.05) is 0 Å². The minimum Gasteiger partial charge on any atom is -0.481 e. The SMILES string of the molecule is CC(N)C(N)OC(=O)C(CC(=O)O)(CC(=O)O)CC(=O)O. The third-order valence-corrected chi connectivity index (χ3v) is 2.66. The van der Waals surface area contributed by atoms with E-state index < -0.39 is 60.8 Å². The van der Waals surface area contributed by atoms with Crippen LogP contribution in [-0.4, -0.2) is 51.5 Å². The number of carboxylic acid groups (broad SMARTS) is 3. The molecule has 0 saturated carbocycles. The van der Waals surface area contributed by atoms with E-state index in [0.717, 1.165) is 0 Å². The lowest BCUT2D eigenvalue weighted by Crippen LogP contribution is -2.47. The number of nitrogens with two attached hydrogens (primary N) is 2. The third-order valence-electron chi connectivity index (χ3n) is 2.66. The summed E-state index contributed by atoms with van der Waals surface area (Å²) in [6, 6.07) is -0.800. The average Bonchev–Trinajstić information content (AvgIpc) is 2.25. The Kier molecular flexibility index (Phi) is 6.76. The van der Waals surface area contributed by atoms with Gasteiger partial charge in [0.2, 0.25) is 0 Å². The van der Waals surface area contributed by atoms with Gasteiger partial charge in [0.1, 0.15) is 0 Å². The van der Waals surface area contributed by atoms with Gasteiger partial charge in [0.05, 0.1) is 30.7 Å². The van der Waals surface area contributed by atoms with Crippen LogP contribution in [0.15, 0.2) is 0 Å². The fourth-order valence-electron chi connectivity index (χ4n) is 1.63. The minimum atomic E-state index is -2.25. The summed E-state index contributed by atoms with van der Waals surface area (Å²) in [6.45, 7) is 1.41. The van der Waals surface area contributed by atoms with Gasteiger partial charge >= 0.3 is 23.9 Å². The highest BCUT2D eigenvalue weighted by Crippen LogP contribution is 2.33. The van der Waals surface area contributed by atoms with Crippen LogP contribution in [-0.2, 0) is 23.9 Å². The number of carbonyl (C=O) groups is 4. The summed E-state index contributed by atoms with van der Waals surface area (Å²) >= 11 is 0. The van der Waals surface area contributed by atoms with Crippen LogP contribution >= 0.6 is 0 Å².